The molecular weight excluding hydrogens is 268 g/mol. The molecule has 104 valence electrons. The Morgan fingerprint density at radius 3 is 2.11 bits per heavy atom. The van der Waals surface area contributed by atoms with Gasteiger partial charge >= 0.3 is 0 Å². The summed E-state index contributed by atoms with van der Waals surface area (Å²) in [6, 6.07) is 5.54. The van der Waals surface area contributed by atoms with Gasteiger partial charge in [-0.15, -0.1) is 0 Å². The van der Waals surface area contributed by atoms with E-state index in [1.165, 1.54) is 29.2 Å². The molecule has 0 heterocycles. The van der Waals surface area contributed by atoms with Crippen molar-refractivity contribution in [3.05, 3.63) is 29.8 Å². The summed E-state index contributed by atoms with van der Waals surface area (Å²) < 4.78 is 22.5. The van der Waals surface area contributed by atoms with Crippen molar-refractivity contribution in [3.63, 3.8) is 0 Å². The Morgan fingerprint density at radius 1 is 1.16 bits per heavy atom. The van der Waals surface area contributed by atoms with Crippen molar-refractivity contribution in [2.24, 2.45) is 0 Å². The molecule has 0 fully saturated rings. The zero-order chi connectivity index (χ0) is 14.6. The Balaban J connectivity index is 2.71. The summed E-state index contributed by atoms with van der Waals surface area (Å²) in [5.41, 5.74) is 0.305. The molecule has 0 aliphatic rings. The molecule has 0 spiro atoms. The maximum atomic E-state index is 11.7. The van der Waals surface area contributed by atoms with E-state index in [0.29, 0.717) is 5.56 Å². The van der Waals surface area contributed by atoms with Gasteiger partial charge in [0.1, 0.15) is 0 Å². The van der Waals surface area contributed by atoms with Crippen LogP contribution < -0.4 is 5.32 Å². The maximum Gasteiger partial charge on any atom is 0.251 e. The van der Waals surface area contributed by atoms with Crippen LogP contribution in [0.15, 0.2) is 29.2 Å². The second-order valence-corrected chi connectivity index (χ2v) is 6.28. The largest absolute Gasteiger partial charge is 0.347 e. The number of hydrogen-bond donors (Lipinski definition) is 1. The molecule has 6 nitrogen and oxygen atoms in total. The number of sulfone groups is 1. The topological polar surface area (TPSA) is 83.6 Å². The van der Waals surface area contributed by atoms with Gasteiger partial charge in [-0.05, 0) is 24.3 Å². The normalized spacial score (nSPS) is 10.9. The van der Waals surface area contributed by atoms with Crippen molar-refractivity contribution < 1.29 is 18.0 Å². The van der Waals surface area contributed by atoms with E-state index in [-0.39, 0.29) is 17.3 Å². The molecule has 0 radical (unpaired) electrons. The van der Waals surface area contributed by atoms with Crippen molar-refractivity contribution in [3.8, 4) is 0 Å². The minimum Gasteiger partial charge on any atom is -0.347 e. The van der Waals surface area contributed by atoms with E-state index in [1.807, 2.05) is 0 Å². The highest BCUT2D eigenvalue weighted by atomic mass is 32.2. The Bertz CT molecular complexity index is 576. The number of carbonyl (C=O) groups is 2. The van der Waals surface area contributed by atoms with E-state index in [0.717, 1.165) is 6.26 Å². The van der Waals surface area contributed by atoms with Gasteiger partial charge in [0.25, 0.3) is 5.91 Å². The quantitative estimate of drug-likeness (QED) is 0.837. The standard InChI is InChI=1S/C12H16N2O4S/c1-14(2)11(15)8-13-12(16)9-4-6-10(7-5-9)19(3,17)18/h4-7H,8H2,1-3H3,(H,13,16). The Morgan fingerprint density at radius 2 is 1.68 bits per heavy atom. The highest BCUT2D eigenvalue weighted by Crippen LogP contribution is 2.10. The summed E-state index contributed by atoms with van der Waals surface area (Å²) in [7, 11) is -0.0894. The minimum atomic E-state index is -3.27. The summed E-state index contributed by atoms with van der Waals surface area (Å²) in [5.74, 6) is -0.642. The van der Waals surface area contributed by atoms with E-state index < -0.39 is 15.7 Å². The van der Waals surface area contributed by atoms with E-state index in [4.69, 9.17) is 0 Å². The summed E-state index contributed by atoms with van der Waals surface area (Å²) in [6.07, 6.45) is 1.10. The molecule has 7 heteroatoms. The second kappa shape index (κ2) is 5.83. The molecule has 0 aromatic heterocycles. The monoisotopic (exact) mass is 284 g/mol. The van der Waals surface area contributed by atoms with E-state index >= 15 is 0 Å². The zero-order valence-electron chi connectivity index (χ0n) is 11.0. The first-order valence-corrected chi connectivity index (χ1v) is 7.39. The van der Waals surface area contributed by atoms with Crippen LogP contribution in [0.4, 0.5) is 0 Å². The molecule has 0 atom stereocenters. The summed E-state index contributed by atoms with van der Waals surface area (Å²) in [4.78, 5) is 24.5. The van der Waals surface area contributed by atoms with Gasteiger partial charge in [-0.1, -0.05) is 0 Å². The first-order chi connectivity index (χ1) is 8.71. The van der Waals surface area contributed by atoms with Crippen molar-refractivity contribution >= 4 is 21.7 Å². The Kier molecular flexibility index (Phi) is 4.66. The van der Waals surface area contributed by atoms with Gasteiger partial charge < -0.3 is 10.2 Å². The zero-order valence-corrected chi connectivity index (χ0v) is 11.8. The summed E-state index contributed by atoms with van der Waals surface area (Å²) in [6.45, 7) is -0.0976. The van der Waals surface area contributed by atoms with Crippen LogP contribution >= 0.6 is 0 Å². The molecule has 0 aliphatic heterocycles. The molecule has 0 aliphatic carbocycles. The summed E-state index contributed by atoms with van der Waals surface area (Å²) in [5, 5.41) is 2.46. The van der Waals surface area contributed by atoms with E-state index in [9.17, 15) is 18.0 Å². The smallest absolute Gasteiger partial charge is 0.251 e. The summed E-state index contributed by atoms with van der Waals surface area (Å²) >= 11 is 0. The van der Waals surface area contributed by atoms with Gasteiger partial charge in [0.2, 0.25) is 5.91 Å². The SMILES string of the molecule is CN(C)C(=O)CNC(=O)c1ccc(S(C)(=O)=O)cc1. The van der Waals surface area contributed by atoms with Crippen LogP contribution in [0.3, 0.4) is 0 Å². The van der Waals surface area contributed by atoms with E-state index in [1.54, 1.807) is 14.1 Å². The fourth-order valence-electron chi connectivity index (χ4n) is 1.27. The highest BCUT2D eigenvalue weighted by molar-refractivity contribution is 7.90. The molecule has 1 N–H and O–H groups in total. The third kappa shape index (κ3) is 4.36. The van der Waals surface area contributed by atoms with Gasteiger partial charge in [-0.2, -0.15) is 0 Å². The van der Waals surface area contributed by atoms with Gasteiger partial charge in [0, 0.05) is 25.9 Å². The highest BCUT2D eigenvalue weighted by Gasteiger charge is 2.11. The molecule has 1 aromatic carbocycles. The number of nitrogens with one attached hydrogen (secondary N) is 1. The first kappa shape index (κ1) is 15.2. The molecule has 1 aromatic rings. The van der Waals surface area contributed by atoms with E-state index in [2.05, 4.69) is 5.32 Å². The van der Waals surface area contributed by atoms with Crippen molar-refractivity contribution in [1.29, 1.82) is 0 Å². The maximum absolute atomic E-state index is 11.7. The second-order valence-electron chi connectivity index (χ2n) is 4.27. The van der Waals surface area contributed by atoms with Crippen molar-refractivity contribution in [2.45, 2.75) is 4.90 Å². The number of hydrogen-bond acceptors (Lipinski definition) is 4. The Hall–Kier alpha value is -1.89. The van der Waals surface area contributed by atoms with Crippen LogP contribution in [0.25, 0.3) is 0 Å². The van der Waals surface area contributed by atoms with Crippen LogP contribution in [-0.2, 0) is 14.6 Å². The number of nitrogens with zero attached hydrogens (tertiary/aromatic N) is 1. The molecule has 0 saturated carbocycles. The Labute approximate surface area is 112 Å². The molecule has 0 unspecified atom stereocenters. The predicted molar refractivity (Wildman–Crippen MR) is 70.6 cm³/mol. The van der Waals surface area contributed by atoms with Gasteiger partial charge in [-0.25, -0.2) is 8.42 Å². The minimum absolute atomic E-state index is 0.0976. The van der Waals surface area contributed by atoms with Gasteiger partial charge in [0.15, 0.2) is 9.84 Å². The predicted octanol–water partition coefficient (Wildman–Crippen LogP) is -0.0919. The lowest BCUT2D eigenvalue weighted by Gasteiger charge is -2.11. The first-order valence-electron chi connectivity index (χ1n) is 5.50. The third-order valence-electron chi connectivity index (χ3n) is 2.44. The number of amides is 2. The van der Waals surface area contributed by atoms with Gasteiger partial charge in [-0.3, -0.25) is 9.59 Å². The lowest BCUT2D eigenvalue weighted by atomic mass is 10.2. The molecule has 0 saturated heterocycles. The lowest BCUT2D eigenvalue weighted by molar-refractivity contribution is -0.127. The number of carbonyl (C=O) groups excluding carboxylic acids is 2. The lowest BCUT2D eigenvalue weighted by Crippen LogP contribution is -2.36. The van der Waals surface area contributed by atoms with Crippen molar-refractivity contribution in [2.75, 3.05) is 26.9 Å². The van der Waals surface area contributed by atoms with Crippen LogP contribution in [-0.4, -0.2) is 52.0 Å². The third-order valence-corrected chi connectivity index (χ3v) is 3.57. The number of benzene rings is 1. The van der Waals surface area contributed by atoms with Crippen LogP contribution in [0.1, 0.15) is 10.4 Å². The van der Waals surface area contributed by atoms with Crippen molar-refractivity contribution in [1.82, 2.24) is 10.2 Å². The fraction of sp³-hybridized carbons (Fsp3) is 0.333. The molecular formula is C12H16N2O4S. The molecule has 2 amide bonds. The van der Waals surface area contributed by atoms with Crippen LogP contribution in [0.2, 0.25) is 0 Å². The molecule has 1 rings (SSSR count). The molecule has 19 heavy (non-hydrogen) atoms. The van der Waals surface area contributed by atoms with Crippen LogP contribution in [0.5, 0.6) is 0 Å². The average molecular weight is 284 g/mol. The average Bonchev–Trinajstić information content (AvgIpc) is 2.34. The fourth-order valence-corrected chi connectivity index (χ4v) is 1.90. The molecule has 0 bridgehead atoms. The number of rotatable bonds is 4. The number of likely N-dealkylation sites (N-methyl/N-ethyl adjacent to an activating group) is 1. The van der Waals surface area contributed by atoms with Crippen LogP contribution in [0, 0.1) is 0 Å². The van der Waals surface area contributed by atoms with Gasteiger partial charge in [0.05, 0.1) is 11.4 Å².